The van der Waals surface area contributed by atoms with Crippen molar-refractivity contribution in [2.45, 2.75) is 13.3 Å². The molecule has 0 N–H and O–H groups in total. The van der Waals surface area contributed by atoms with Crippen molar-refractivity contribution in [2.24, 2.45) is 0 Å². The Kier molecular flexibility index (Phi) is 3.39. The highest BCUT2D eigenvalue weighted by Gasteiger charge is 2.13. The Labute approximate surface area is 122 Å². The van der Waals surface area contributed by atoms with Crippen molar-refractivity contribution in [3.05, 3.63) is 65.1 Å². The van der Waals surface area contributed by atoms with Gasteiger partial charge in [0.2, 0.25) is 0 Å². The van der Waals surface area contributed by atoms with Crippen LogP contribution in [0.3, 0.4) is 0 Å². The summed E-state index contributed by atoms with van der Waals surface area (Å²) in [5, 5.41) is 4.42. The van der Waals surface area contributed by atoms with Crippen molar-refractivity contribution >= 4 is 11.6 Å². The number of nitrogens with zero attached hydrogens (tertiary/aromatic N) is 3. The SMILES string of the molecule is COC(=O)c1cccc2nc(Cc3ccccc3C)nn12. The van der Waals surface area contributed by atoms with Gasteiger partial charge in [-0.15, -0.1) is 0 Å². The Bertz CT molecular complexity index is 808. The van der Waals surface area contributed by atoms with Gasteiger partial charge in [0.15, 0.2) is 17.2 Å². The zero-order valence-corrected chi connectivity index (χ0v) is 11.9. The lowest BCUT2D eigenvalue weighted by Crippen LogP contribution is -2.08. The van der Waals surface area contributed by atoms with E-state index in [0.29, 0.717) is 23.6 Å². The zero-order valence-electron chi connectivity index (χ0n) is 11.9. The molecule has 3 rings (SSSR count). The van der Waals surface area contributed by atoms with Gasteiger partial charge in [0, 0.05) is 6.42 Å². The second-order valence-electron chi connectivity index (χ2n) is 4.80. The number of esters is 1. The number of hydrogen-bond acceptors (Lipinski definition) is 4. The third kappa shape index (κ3) is 2.50. The average Bonchev–Trinajstić information content (AvgIpc) is 2.91. The number of carbonyl (C=O) groups excluding carboxylic acids is 1. The summed E-state index contributed by atoms with van der Waals surface area (Å²) in [6.45, 7) is 2.06. The van der Waals surface area contributed by atoms with Crippen molar-refractivity contribution in [1.82, 2.24) is 14.6 Å². The molecule has 1 aromatic carbocycles. The van der Waals surface area contributed by atoms with Gasteiger partial charge >= 0.3 is 5.97 Å². The number of pyridine rings is 1. The van der Waals surface area contributed by atoms with Gasteiger partial charge in [0.05, 0.1) is 7.11 Å². The van der Waals surface area contributed by atoms with E-state index in [9.17, 15) is 4.79 Å². The Morgan fingerprint density at radius 1 is 1.19 bits per heavy atom. The molecule has 0 spiro atoms. The summed E-state index contributed by atoms with van der Waals surface area (Å²) >= 11 is 0. The number of methoxy groups -OCH3 is 1. The quantitative estimate of drug-likeness (QED) is 0.692. The molecule has 0 fully saturated rings. The van der Waals surface area contributed by atoms with Gasteiger partial charge in [-0.05, 0) is 30.2 Å². The summed E-state index contributed by atoms with van der Waals surface area (Å²) in [7, 11) is 1.35. The Morgan fingerprint density at radius 3 is 2.76 bits per heavy atom. The van der Waals surface area contributed by atoms with E-state index in [4.69, 9.17) is 4.74 Å². The third-order valence-electron chi connectivity index (χ3n) is 3.41. The maximum absolute atomic E-state index is 11.7. The van der Waals surface area contributed by atoms with E-state index < -0.39 is 5.97 Å². The van der Waals surface area contributed by atoms with Crippen LogP contribution in [0.15, 0.2) is 42.5 Å². The second-order valence-corrected chi connectivity index (χ2v) is 4.80. The Morgan fingerprint density at radius 2 is 2.00 bits per heavy atom. The fourth-order valence-electron chi connectivity index (χ4n) is 2.26. The van der Waals surface area contributed by atoms with Crippen LogP contribution in [0.2, 0.25) is 0 Å². The van der Waals surface area contributed by atoms with Crippen molar-refractivity contribution in [3.63, 3.8) is 0 Å². The van der Waals surface area contributed by atoms with Crippen molar-refractivity contribution < 1.29 is 9.53 Å². The Hall–Kier alpha value is -2.69. The van der Waals surface area contributed by atoms with E-state index in [1.54, 1.807) is 12.1 Å². The highest BCUT2D eigenvalue weighted by molar-refractivity contribution is 5.88. The molecule has 2 heterocycles. The molecule has 0 radical (unpaired) electrons. The lowest BCUT2D eigenvalue weighted by molar-refractivity contribution is 0.0591. The van der Waals surface area contributed by atoms with E-state index in [2.05, 4.69) is 29.1 Å². The summed E-state index contributed by atoms with van der Waals surface area (Å²) in [5.41, 5.74) is 3.39. The first-order chi connectivity index (χ1) is 10.2. The molecule has 0 bridgehead atoms. The first kappa shape index (κ1) is 13.3. The molecule has 0 aliphatic carbocycles. The van der Waals surface area contributed by atoms with Crippen LogP contribution in [0, 0.1) is 6.92 Å². The molecule has 21 heavy (non-hydrogen) atoms. The number of benzene rings is 1. The van der Waals surface area contributed by atoms with Gasteiger partial charge in [-0.1, -0.05) is 30.3 Å². The summed E-state index contributed by atoms with van der Waals surface area (Å²) in [6, 6.07) is 13.4. The first-order valence-corrected chi connectivity index (χ1v) is 6.66. The van der Waals surface area contributed by atoms with Crippen LogP contribution in [0.4, 0.5) is 0 Å². The average molecular weight is 281 g/mol. The molecule has 3 aromatic rings. The molecule has 0 aliphatic heterocycles. The molecule has 2 aromatic heterocycles. The second kappa shape index (κ2) is 5.36. The fraction of sp³-hybridized carbons (Fsp3) is 0.188. The van der Waals surface area contributed by atoms with E-state index in [0.717, 1.165) is 0 Å². The van der Waals surface area contributed by atoms with Gasteiger partial charge in [0.1, 0.15) is 0 Å². The van der Waals surface area contributed by atoms with Crippen molar-refractivity contribution in [1.29, 1.82) is 0 Å². The van der Waals surface area contributed by atoms with Crippen molar-refractivity contribution in [3.8, 4) is 0 Å². The number of aromatic nitrogens is 3. The first-order valence-electron chi connectivity index (χ1n) is 6.66. The third-order valence-corrected chi connectivity index (χ3v) is 3.41. The summed E-state index contributed by atoms with van der Waals surface area (Å²) in [4.78, 5) is 16.2. The molecule has 0 saturated heterocycles. The van der Waals surface area contributed by atoms with Crippen molar-refractivity contribution in [2.75, 3.05) is 7.11 Å². The standard InChI is InChI=1S/C16H15N3O2/c1-11-6-3-4-7-12(11)10-14-17-15-9-5-8-13(16(20)21-2)19(15)18-14/h3-9H,10H2,1-2H3. The van der Waals surface area contributed by atoms with Crippen LogP contribution < -0.4 is 0 Å². The van der Waals surface area contributed by atoms with E-state index in [-0.39, 0.29) is 0 Å². The van der Waals surface area contributed by atoms with Crippen LogP contribution in [-0.2, 0) is 11.2 Å². The summed E-state index contributed by atoms with van der Waals surface area (Å²) in [6.07, 6.45) is 0.634. The van der Waals surface area contributed by atoms with Gasteiger partial charge in [-0.2, -0.15) is 5.10 Å². The van der Waals surface area contributed by atoms with Gasteiger partial charge in [-0.25, -0.2) is 14.3 Å². The molecule has 0 unspecified atom stereocenters. The molecular weight excluding hydrogens is 266 g/mol. The zero-order chi connectivity index (χ0) is 14.8. The van der Waals surface area contributed by atoms with Crippen LogP contribution in [-0.4, -0.2) is 27.7 Å². The number of fused-ring (bicyclic) bond motifs is 1. The van der Waals surface area contributed by atoms with E-state index in [1.807, 2.05) is 18.2 Å². The smallest absolute Gasteiger partial charge is 0.356 e. The summed E-state index contributed by atoms with van der Waals surface area (Å²) < 4.78 is 6.29. The molecule has 5 heteroatoms. The molecule has 0 aliphatic rings. The summed E-state index contributed by atoms with van der Waals surface area (Å²) in [5.74, 6) is 0.258. The highest BCUT2D eigenvalue weighted by Crippen LogP contribution is 2.13. The number of hydrogen-bond donors (Lipinski definition) is 0. The molecule has 106 valence electrons. The minimum Gasteiger partial charge on any atom is -0.464 e. The largest absolute Gasteiger partial charge is 0.464 e. The van der Waals surface area contributed by atoms with Crippen LogP contribution in [0.25, 0.3) is 5.65 Å². The topological polar surface area (TPSA) is 56.5 Å². The Balaban J connectivity index is 2.02. The van der Waals surface area contributed by atoms with Crippen LogP contribution in [0.5, 0.6) is 0 Å². The minimum atomic E-state index is -0.423. The molecule has 5 nitrogen and oxygen atoms in total. The number of carbonyl (C=O) groups is 1. The predicted molar refractivity (Wildman–Crippen MR) is 78.3 cm³/mol. The molecule has 0 saturated carbocycles. The number of rotatable bonds is 3. The van der Waals surface area contributed by atoms with E-state index in [1.165, 1.54) is 22.8 Å². The van der Waals surface area contributed by atoms with E-state index >= 15 is 0 Å². The predicted octanol–water partition coefficient (Wildman–Crippen LogP) is 2.42. The minimum absolute atomic E-state index is 0.374. The van der Waals surface area contributed by atoms with Gasteiger partial charge < -0.3 is 4.74 Å². The normalized spacial score (nSPS) is 10.8. The van der Waals surface area contributed by atoms with Gasteiger partial charge in [-0.3, -0.25) is 0 Å². The molecule has 0 atom stereocenters. The van der Waals surface area contributed by atoms with Gasteiger partial charge in [0.25, 0.3) is 0 Å². The van der Waals surface area contributed by atoms with Crippen LogP contribution >= 0.6 is 0 Å². The molecule has 0 amide bonds. The lowest BCUT2D eigenvalue weighted by atomic mass is 10.1. The monoisotopic (exact) mass is 281 g/mol. The number of ether oxygens (including phenoxy) is 1. The number of aryl methyl sites for hydroxylation is 1. The van der Waals surface area contributed by atoms with Crippen LogP contribution in [0.1, 0.15) is 27.4 Å². The maximum Gasteiger partial charge on any atom is 0.356 e. The highest BCUT2D eigenvalue weighted by atomic mass is 16.5. The maximum atomic E-state index is 11.7. The molecular formula is C16H15N3O2. The fourth-order valence-corrected chi connectivity index (χ4v) is 2.26. The lowest BCUT2D eigenvalue weighted by Gasteiger charge is -2.01.